The molecule has 0 spiro atoms. The molecular formula is C18H19N5O3. The van der Waals surface area contributed by atoms with Crippen molar-refractivity contribution in [3.8, 4) is 17.2 Å². The lowest BCUT2D eigenvalue weighted by Crippen LogP contribution is -2.12. The van der Waals surface area contributed by atoms with Crippen molar-refractivity contribution in [3.05, 3.63) is 53.9 Å². The summed E-state index contributed by atoms with van der Waals surface area (Å²) >= 11 is 0. The summed E-state index contributed by atoms with van der Waals surface area (Å²) in [6, 6.07) is 12.3. The molecule has 3 rings (SSSR count). The highest BCUT2D eigenvalue weighted by Gasteiger charge is 2.12. The number of methoxy groups -OCH3 is 1. The molecule has 0 aliphatic rings. The Hall–Kier alpha value is -3.42. The highest BCUT2D eigenvalue weighted by atomic mass is 16.5. The summed E-state index contributed by atoms with van der Waals surface area (Å²) in [5.41, 5.74) is 1.86. The molecule has 3 aromatic rings. The largest absolute Gasteiger partial charge is 0.493 e. The number of nitrogens with one attached hydrogen (secondary N) is 1. The Morgan fingerprint density at radius 1 is 1.19 bits per heavy atom. The van der Waals surface area contributed by atoms with Crippen LogP contribution in [0.25, 0.3) is 5.69 Å². The van der Waals surface area contributed by atoms with E-state index in [1.54, 1.807) is 41.9 Å². The van der Waals surface area contributed by atoms with Crippen LogP contribution in [0.1, 0.15) is 23.1 Å². The minimum Gasteiger partial charge on any atom is -0.493 e. The quantitative estimate of drug-likeness (QED) is 0.732. The van der Waals surface area contributed by atoms with Crippen LogP contribution < -0.4 is 14.8 Å². The average molecular weight is 353 g/mol. The van der Waals surface area contributed by atoms with Gasteiger partial charge >= 0.3 is 0 Å². The Balaban J connectivity index is 1.81. The zero-order valence-electron chi connectivity index (χ0n) is 14.8. The Morgan fingerprint density at radius 3 is 2.73 bits per heavy atom. The van der Waals surface area contributed by atoms with Crippen molar-refractivity contribution >= 4 is 11.6 Å². The van der Waals surface area contributed by atoms with E-state index in [9.17, 15) is 4.79 Å². The van der Waals surface area contributed by atoms with Crippen molar-refractivity contribution < 1.29 is 14.3 Å². The summed E-state index contributed by atoms with van der Waals surface area (Å²) in [6.45, 7) is 4.21. The molecule has 2 aromatic carbocycles. The van der Waals surface area contributed by atoms with E-state index in [1.165, 1.54) is 7.11 Å². The second kappa shape index (κ2) is 7.64. The molecule has 1 aromatic heterocycles. The zero-order chi connectivity index (χ0) is 18.5. The molecule has 26 heavy (non-hydrogen) atoms. The first kappa shape index (κ1) is 17.4. The number of carbonyl (C=O) groups excluding carboxylic acids is 1. The number of ether oxygens (including phenoxy) is 2. The fourth-order valence-electron chi connectivity index (χ4n) is 2.47. The maximum Gasteiger partial charge on any atom is 0.255 e. The molecular weight excluding hydrogens is 334 g/mol. The van der Waals surface area contributed by atoms with Crippen LogP contribution in [0.2, 0.25) is 0 Å². The fourth-order valence-corrected chi connectivity index (χ4v) is 2.47. The van der Waals surface area contributed by atoms with Crippen LogP contribution in [0.3, 0.4) is 0 Å². The summed E-state index contributed by atoms with van der Waals surface area (Å²) < 4.78 is 12.4. The zero-order valence-corrected chi connectivity index (χ0v) is 14.8. The predicted molar refractivity (Wildman–Crippen MR) is 96.0 cm³/mol. The minimum absolute atomic E-state index is 0.253. The van der Waals surface area contributed by atoms with Gasteiger partial charge in [0.05, 0.1) is 19.4 Å². The number of tetrazole rings is 1. The van der Waals surface area contributed by atoms with Crippen LogP contribution in [0.4, 0.5) is 5.69 Å². The smallest absolute Gasteiger partial charge is 0.255 e. The molecule has 1 heterocycles. The van der Waals surface area contributed by atoms with E-state index < -0.39 is 0 Å². The highest BCUT2D eigenvalue weighted by Crippen LogP contribution is 2.28. The topological polar surface area (TPSA) is 91.2 Å². The van der Waals surface area contributed by atoms with Gasteiger partial charge in [-0.2, -0.15) is 4.68 Å². The molecule has 0 bridgehead atoms. The number of hydrogen-bond acceptors (Lipinski definition) is 6. The molecule has 0 aliphatic carbocycles. The summed E-state index contributed by atoms with van der Waals surface area (Å²) in [6.07, 6.45) is 0. The first-order valence-electron chi connectivity index (χ1n) is 8.10. The highest BCUT2D eigenvalue weighted by molar-refractivity contribution is 6.04. The molecule has 0 fully saturated rings. The van der Waals surface area contributed by atoms with Gasteiger partial charge in [-0.3, -0.25) is 4.79 Å². The predicted octanol–water partition coefficient (Wildman–Crippen LogP) is 2.63. The molecule has 8 nitrogen and oxygen atoms in total. The maximum atomic E-state index is 12.6. The number of hydrogen-bond donors (Lipinski definition) is 1. The molecule has 134 valence electrons. The van der Waals surface area contributed by atoms with Gasteiger partial charge in [0.15, 0.2) is 17.3 Å². The minimum atomic E-state index is -0.253. The third-order valence-corrected chi connectivity index (χ3v) is 3.70. The number of anilines is 1. The van der Waals surface area contributed by atoms with Gasteiger partial charge in [0, 0.05) is 11.3 Å². The van der Waals surface area contributed by atoms with Gasteiger partial charge in [0.1, 0.15) is 0 Å². The standard InChI is InChI=1S/C18H19N5O3/c1-4-26-16-9-8-13(10-17(16)25-3)18(24)19-14-6-5-7-15(11-14)23-12(2)20-21-22-23/h5-11H,4H2,1-3H3,(H,19,24). The number of aryl methyl sites for hydroxylation is 1. The van der Waals surface area contributed by atoms with Crippen LogP contribution >= 0.6 is 0 Å². The van der Waals surface area contributed by atoms with Crippen molar-refractivity contribution in [2.75, 3.05) is 19.0 Å². The van der Waals surface area contributed by atoms with Gasteiger partial charge in [-0.1, -0.05) is 6.07 Å². The van der Waals surface area contributed by atoms with E-state index in [0.717, 1.165) is 5.69 Å². The van der Waals surface area contributed by atoms with E-state index in [1.807, 2.05) is 19.1 Å². The molecule has 8 heteroatoms. The molecule has 0 radical (unpaired) electrons. The molecule has 1 amide bonds. The number of benzene rings is 2. The summed E-state index contributed by atoms with van der Waals surface area (Å²) in [5, 5.41) is 14.3. The van der Waals surface area contributed by atoms with E-state index in [2.05, 4.69) is 20.8 Å². The summed E-state index contributed by atoms with van der Waals surface area (Å²) in [4.78, 5) is 12.6. The summed E-state index contributed by atoms with van der Waals surface area (Å²) in [7, 11) is 1.54. The van der Waals surface area contributed by atoms with Crippen LogP contribution in [-0.2, 0) is 0 Å². The number of aromatic nitrogens is 4. The second-order valence-corrected chi connectivity index (χ2v) is 5.44. The second-order valence-electron chi connectivity index (χ2n) is 5.44. The Kier molecular flexibility index (Phi) is 5.12. The van der Waals surface area contributed by atoms with Gasteiger partial charge in [0.2, 0.25) is 0 Å². The molecule has 0 aliphatic heterocycles. The van der Waals surface area contributed by atoms with E-state index >= 15 is 0 Å². The molecule has 1 N–H and O–H groups in total. The van der Waals surface area contributed by atoms with Crippen molar-refractivity contribution in [2.45, 2.75) is 13.8 Å². The van der Waals surface area contributed by atoms with Crippen molar-refractivity contribution in [1.29, 1.82) is 0 Å². The fraction of sp³-hybridized carbons (Fsp3) is 0.222. The Labute approximate surface area is 150 Å². The Morgan fingerprint density at radius 2 is 2.04 bits per heavy atom. The van der Waals surface area contributed by atoms with Gasteiger partial charge in [-0.25, -0.2) is 0 Å². The van der Waals surface area contributed by atoms with Crippen LogP contribution in [0, 0.1) is 6.92 Å². The summed E-state index contributed by atoms with van der Waals surface area (Å²) in [5.74, 6) is 1.52. The van der Waals surface area contributed by atoms with E-state index in [4.69, 9.17) is 9.47 Å². The lowest BCUT2D eigenvalue weighted by molar-refractivity contribution is 0.102. The van der Waals surface area contributed by atoms with Gasteiger partial charge in [0.25, 0.3) is 5.91 Å². The number of amides is 1. The number of nitrogens with zero attached hydrogens (tertiary/aromatic N) is 4. The number of carbonyl (C=O) groups is 1. The first-order valence-corrected chi connectivity index (χ1v) is 8.10. The van der Waals surface area contributed by atoms with Gasteiger partial charge in [-0.15, -0.1) is 5.10 Å². The normalized spacial score (nSPS) is 10.4. The molecule has 0 atom stereocenters. The van der Waals surface area contributed by atoms with Crippen LogP contribution in [0.5, 0.6) is 11.5 Å². The lowest BCUT2D eigenvalue weighted by atomic mass is 10.1. The van der Waals surface area contributed by atoms with Crippen LogP contribution in [0.15, 0.2) is 42.5 Å². The van der Waals surface area contributed by atoms with Crippen molar-refractivity contribution in [1.82, 2.24) is 20.2 Å². The molecule has 0 saturated heterocycles. The third-order valence-electron chi connectivity index (χ3n) is 3.70. The van der Waals surface area contributed by atoms with Gasteiger partial charge in [-0.05, 0) is 60.7 Å². The first-order chi connectivity index (χ1) is 12.6. The van der Waals surface area contributed by atoms with Gasteiger partial charge < -0.3 is 14.8 Å². The lowest BCUT2D eigenvalue weighted by Gasteiger charge is -2.11. The van der Waals surface area contributed by atoms with Crippen molar-refractivity contribution in [2.24, 2.45) is 0 Å². The molecule has 0 unspecified atom stereocenters. The molecule has 0 saturated carbocycles. The van der Waals surface area contributed by atoms with Crippen LogP contribution in [-0.4, -0.2) is 39.8 Å². The van der Waals surface area contributed by atoms with E-state index in [0.29, 0.717) is 35.2 Å². The maximum absolute atomic E-state index is 12.6. The third kappa shape index (κ3) is 3.64. The average Bonchev–Trinajstić information content (AvgIpc) is 3.08. The SMILES string of the molecule is CCOc1ccc(C(=O)Nc2cccc(-n3nnnc3C)c2)cc1OC. The monoisotopic (exact) mass is 353 g/mol. The number of rotatable bonds is 6. The Bertz CT molecular complexity index is 923. The van der Waals surface area contributed by atoms with Crippen molar-refractivity contribution in [3.63, 3.8) is 0 Å². The van der Waals surface area contributed by atoms with E-state index in [-0.39, 0.29) is 5.91 Å².